The van der Waals surface area contributed by atoms with Crippen molar-refractivity contribution in [2.75, 3.05) is 13.7 Å². The zero-order valence-corrected chi connectivity index (χ0v) is 16.4. The Kier molecular flexibility index (Phi) is 5.06. The molecule has 1 N–H and O–H groups in total. The fourth-order valence-electron chi connectivity index (χ4n) is 3.67. The first-order chi connectivity index (χ1) is 14.6. The molecule has 1 heterocycles. The number of carbonyl (C=O) groups excluding carboxylic acids is 3. The summed E-state index contributed by atoms with van der Waals surface area (Å²) >= 11 is 0. The molecular formula is C24H20N2O4. The van der Waals surface area contributed by atoms with Crippen molar-refractivity contribution >= 4 is 17.7 Å². The Hall–Kier alpha value is -3.93. The summed E-state index contributed by atoms with van der Waals surface area (Å²) in [6.07, 6.45) is 0. The predicted molar refractivity (Wildman–Crippen MR) is 111 cm³/mol. The van der Waals surface area contributed by atoms with Gasteiger partial charge in [0.25, 0.3) is 5.91 Å². The lowest BCUT2D eigenvalue weighted by Crippen LogP contribution is -2.45. The Bertz CT molecular complexity index is 1040. The monoisotopic (exact) mass is 400 g/mol. The molecule has 1 fully saturated rings. The SMILES string of the molecule is COc1ccc(C(=O)CN2C(=O)NC(c3ccccc3)(c3ccccc3)C2=O)cc1. The average molecular weight is 400 g/mol. The largest absolute Gasteiger partial charge is 0.497 e. The molecule has 1 aliphatic rings. The van der Waals surface area contributed by atoms with E-state index in [0.29, 0.717) is 22.4 Å². The molecule has 6 nitrogen and oxygen atoms in total. The van der Waals surface area contributed by atoms with Gasteiger partial charge in [-0.15, -0.1) is 0 Å². The standard InChI is InChI=1S/C24H20N2O4/c1-30-20-14-12-17(13-15-20)21(27)16-26-22(28)24(25-23(26)29,18-8-4-2-5-9-18)19-10-6-3-7-11-19/h2-15H,16H2,1H3,(H,25,29). The highest BCUT2D eigenvalue weighted by molar-refractivity contribution is 6.13. The van der Waals surface area contributed by atoms with Crippen LogP contribution in [0.5, 0.6) is 5.75 Å². The maximum Gasteiger partial charge on any atom is 0.325 e. The maximum atomic E-state index is 13.6. The topological polar surface area (TPSA) is 75.7 Å². The molecule has 0 bridgehead atoms. The minimum absolute atomic E-state index is 0.335. The number of imide groups is 1. The van der Waals surface area contributed by atoms with Gasteiger partial charge in [-0.1, -0.05) is 60.7 Å². The van der Waals surface area contributed by atoms with E-state index in [-0.39, 0.29) is 12.3 Å². The molecule has 30 heavy (non-hydrogen) atoms. The third-order valence-electron chi connectivity index (χ3n) is 5.23. The van der Waals surface area contributed by atoms with E-state index in [9.17, 15) is 14.4 Å². The van der Waals surface area contributed by atoms with Crippen molar-refractivity contribution in [3.05, 3.63) is 102 Å². The number of rotatable bonds is 6. The Morgan fingerprint density at radius 3 is 1.90 bits per heavy atom. The number of carbonyl (C=O) groups is 3. The molecule has 0 spiro atoms. The van der Waals surface area contributed by atoms with Gasteiger partial charge < -0.3 is 10.1 Å². The smallest absolute Gasteiger partial charge is 0.325 e. The summed E-state index contributed by atoms with van der Waals surface area (Å²) in [7, 11) is 1.54. The van der Waals surface area contributed by atoms with Crippen LogP contribution in [0.2, 0.25) is 0 Å². The fourth-order valence-corrected chi connectivity index (χ4v) is 3.67. The molecule has 1 saturated heterocycles. The van der Waals surface area contributed by atoms with Crippen LogP contribution in [0.15, 0.2) is 84.9 Å². The van der Waals surface area contributed by atoms with Gasteiger partial charge in [0.15, 0.2) is 11.3 Å². The third kappa shape index (κ3) is 3.22. The van der Waals surface area contributed by atoms with E-state index in [4.69, 9.17) is 4.74 Å². The van der Waals surface area contributed by atoms with E-state index in [0.717, 1.165) is 4.90 Å². The lowest BCUT2D eigenvalue weighted by Gasteiger charge is -2.28. The number of hydrogen-bond acceptors (Lipinski definition) is 4. The van der Waals surface area contributed by atoms with Crippen LogP contribution in [0.25, 0.3) is 0 Å². The Labute approximate surface area is 174 Å². The summed E-state index contributed by atoms with van der Waals surface area (Å²) in [6.45, 7) is -0.349. The molecule has 3 aromatic rings. The molecule has 0 aliphatic carbocycles. The first kappa shape index (κ1) is 19.4. The van der Waals surface area contributed by atoms with Crippen LogP contribution < -0.4 is 10.1 Å². The number of nitrogens with zero attached hydrogens (tertiary/aromatic N) is 1. The number of methoxy groups -OCH3 is 1. The molecule has 3 aromatic carbocycles. The second-order valence-corrected chi connectivity index (χ2v) is 6.96. The molecule has 4 rings (SSSR count). The van der Waals surface area contributed by atoms with Crippen LogP contribution in [-0.4, -0.2) is 36.3 Å². The number of benzene rings is 3. The molecule has 0 saturated carbocycles. The highest BCUT2D eigenvalue weighted by atomic mass is 16.5. The second-order valence-electron chi connectivity index (χ2n) is 6.96. The van der Waals surface area contributed by atoms with Crippen LogP contribution in [-0.2, 0) is 10.3 Å². The van der Waals surface area contributed by atoms with Crippen LogP contribution in [0.1, 0.15) is 21.5 Å². The van der Waals surface area contributed by atoms with E-state index in [1.54, 1.807) is 48.5 Å². The van der Waals surface area contributed by atoms with Gasteiger partial charge in [-0.25, -0.2) is 4.79 Å². The number of ether oxygens (including phenoxy) is 1. The Morgan fingerprint density at radius 1 is 0.867 bits per heavy atom. The van der Waals surface area contributed by atoms with Crippen molar-refractivity contribution in [2.24, 2.45) is 0 Å². The number of amides is 3. The van der Waals surface area contributed by atoms with Gasteiger partial charge in [0.2, 0.25) is 0 Å². The van der Waals surface area contributed by atoms with Crippen LogP contribution in [0, 0.1) is 0 Å². The minimum Gasteiger partial charge on any atom is -0.497 e. The van der Waals surface area contributed by atoms with Crippen molar-refractivity contribution in [1.82, 2.24) is 10.2 Å². The third-order valence-corrected chi connectivity index (χ3v) is 5.23. The van der Waals surface area contributed by atoms with Crippen molar-refractivity contribution < 1.29 is 19.1 Å². The van der Waals surface area contributed by atoms with Gasteiger partial charge >= 0.3 is 6.03 Å². The Balaban J connectivity index is 1.69. The Morgan fingerprint density at radius 2 is 1.40 bits per heavy atom. The molecule has 1 aliphatic heterocycles. The number of nitrogens with one attached hydrogen (secondary N) is 1. The highest BCUT2D eigenvalue weighted by Gasteiger charge is 2.53. The zero-order chi connectivity index (χ0) is 21.1. The molecule has 3 amide bonds. The summed E-state index contributed by atoms with van der Waals surface area (Å²) in [5, 5.41) is 2.84. The second kappa shape index (κ2) is 7.83. The van der Waals surface area contributed by atoms with Crippen molar-refractivity contribution in [2.45, 2.75) is 5.54 Å². The van der Waals surface area contributed by atoms with Gasteiger partial charge in [0.1, 0.15) is 5.75 Å². The van der Waals surface area contributed by atoms with Gasteiger partial charge in [-0.3, -0.25) is 14.5 Å². The molecule has 0 atom stereocenters. The van der Waals surface area contributed by atoms with E-state index in [1.807, 2.05) is 36.4 Å². The number of hydrogen-bond donors (Lipinski definition) is 1. The van der Waals surface area contributed by atoms with E-state index in [1.165, 1.54) is 7.11 Å². The molecule has 0 aromatic heterocycles. The molecule has 0 unspecified atom stereocenters. The summed E-state index contributed by atoms with van der Waals surface area (Å²) in [4.78, 5) is 40.2. The van der Waals surface area contributed by atoms with E-state index in [2.05, 4.69) is 5.32 Å². The van der Waals surface area contributed by atoms with Gasteiger partial charge in [0.05, 0.1) is 13.7 Å². The molecule has 0 radical (unpaired) electrons. The normalized spacial score (nSPS) is 15.0. The van der Waals surface area contributed by atoms with E-state index < -0.39 is 17.5 Å². The maximum absolute atomic E-state index is 13.6. The van der Waals surface area contributed by atoms with E-state index >= 15 is 0 Å². The van der Waals surface area contributed by atoms with Crippen molar-refractivity contribution in [3.63, 3.8) is 0 Å². The van der Waals surface area contributed by atoms with Gasteiger partial charge in [-0.05, 0) is 35.4 Å². The highest BCUT2D eigenvalue weighted by Crippen LogP contribution is 2.36. The molecule has 6 heteroatoms. The zero-order valence-electron chi connectivity index (χ0n) is 16.4. The van der Waals surface area contributed by atoms with Crippen LogP contribution in [0.3, 0.4) is 0 Å². The first-order valence-corrected chi connectivity index (χ1v) is 9.48. The average Bonchev–Trinajstić information content (AvgIpc) is 3.06. The minimum atomic E-state index is -1.38. The summed E-state index contributed by atoms with van der Waals surface area (Å²) in [6, 6.07) is 24.0. The summed E-state index contributed by atoms with van der Waals surface area (Å²) in [5.41, 5.74) is 0.288. The van der Waals surface area contributed by atoms with Gasteiger partial charge in [-0.2, -0.15) is 0 Å². The van der Waals surface area contributed by atoms with Crippen molar-refractivity contribution in [3.8, 4) is 5.75 Å². The van der Waals surface area contributed by atoms with Crippen LogP contribution in [0.4, 0.5) is 4.79 Å². The summed E-state index contributed by atoms with van der Waals surface area (Å²) in [5.74, 6) is -0.196. The van der Waals surface area contributed by atoms with Crippen LogP contribution >= 0.6 is 0 Å². The number of Topliss-reactive ketones (excluding diaryl/α,β-unsaturated/α-hetero) is 1. The summed E-state index contributed by atoms with van der Waals surface area (Å²) < 4.78 is 5.10. The quantitative estimate of drug-likeness (QED) is 0.508. The van der Waals surface area contributed by atoms with Crippen molar-refractivity contribution in [1.29, 1.82) is 0 Å². The molecular weight excluding hydrogens is 380 g/mol. The predicted octanol–water partition coefficient (Wildman–Crippen LogP) is 3.37. The fraction of sp³-hybridized carbons (Fsp3) is 0.125. The molecule has 150 valence electrons. The number of urea groups is 1. The lowest BCUT2D eigenvalue weighted by atomic mass is 9.82. The number of ketones is 1. The lowest BCUT2D eigenvalue weighted by molar-refractivity contribution is -0.129. The first-order valence-electron chi connectivity index (χ1n) is 9.48. The van der Waals surface area contributed by atoms with Gasteiger partial charge in [0, 0.05) is 5.56 Å².